The van der Waals surface area contributed by atoms with E-state index < -0.39 is 10.0 Å². The van der Waals surface area contributed by atoms with Gasteiger partial charge in [-0.1, -0.05) is 42.5 Å². The number of benzene rings is 3. The van der Waals surface area contributed by atoms with E-state index in [0.717, 1.165) is 16.3 Å². The van der Waals surface area contributed by atoms with Crippen molar-refractivity contribution in [3.63, 3.8) is 0 Å². The third kappa shape index (κ3) is 4.43. The van der Waals surface area contributed by atoms with Crippen molar-refractivity contribution in [2.75, 3.05) is 31.6 Å². The van der Waals surface area contributed by atoms with Gasteiger partial charge in [0.25, 0.3) is 0 Å². The Morgan fingerprint density at radius 1 is 0.933 bits per heavy atom. The second-order valence-corrected chi connectivity index (χ2v) is 8.87. The molecule has 0 aliphatic carbocycles. The summed E-state index contributed by atoms with van der Waals surface area (Å²) >= 11 is 0. The van der Waals surface area contributed by atoms with Gasteiger partial charge in [0.05, 0.1) is 18.1 Å². The largest absolute Gasteiger partial charge is 0.379 e. The molecule has 1 N–H and O–H groups in total. The van der Waals surface area contributed by atoms with E-state index in [1.165, 1.54) is 22.5 Å². The maximum absolute atomic E-state index is 12.7. The Kier molecular flexibility index (Phi) is 5.94. The summed E-state index contributed by atoms with van der Waals surface area (Å²) in [5.74, 6) is -0.285. The molecule has 154 valence electrons. The number of carbonyl (C=O) groups excluding carboxylic acids is 1. The minimum Gasteiger partial charge on any atom is -0.379 e. The van der Waals surface area contributed by atoms with Crippen molar-refractivity contribution in [3.8, 4) is 0 Å². The fourth-order valence-corrected chi connectivity index (χ4v) is 4.80. The summed E-state index contributed by atoms with van der Waals surface area (Å²) < 4.78 is 31.9. The first-order chi connectivity index (χ1) is 14.5. The van der Waals surface area contributed by atoms with Gasteiger partial charge in [0.1, 0.15) is 0 Å². The highest BCUT2D eigenvalue weighted by molar-refractivity contribution is 7.89. The number of rotatable bonds is 5. The van der Waals surface area contributed by atoms with E-state index >= 15 is 0 Å². The zero-order valence-electron chi connectivity index (χ0n) is 16.3. The van der Waals surface area contributed by atoms with Crippen molar-refractivity contribution in [3.05, 3.63) is 78.4 Å². The number of amides is 1. The lowest BCUT2D eigenvalue weighted by molar-refractivity contribution is -0.111. The lowest BCUT2D eigenvalue weighted by Gasteiger charge is -2.26. The molecule has 1 fully saturated rings. The van der Waals surface area contributed by atoms with Gasteiger partial charge < -0.3 is 10.1 Å². The highest BCUT2D eigenvalue weighted by Crippen LogP contribution is 2.21. The molecule has 0 atom stereocenters. The molecule has 0 aromatic heterocycles. The molecule has 6 nitrogen and oxygen atoms in total. The number of hydrogen-bond acceptors (Lipinski definition) is 4. The van der Waals surface area contributed by atoms with E-state index in [1.54, 1.807) is 18.2 Å². The molecule has 3 aromatic carbocycles. The SMILES string of the molecule is O=C(C=Cc1cccc2ccccc12)Nc1ccc(S(=O)(=O)N2CCOCC2)cc1. The molecular weight excluding hydrogens is 400 g/mol. The van der Waals surface area contributed by atoms with Crippen molar-refractivity contribution in [2.24, 2.45) is 0 Å². The first-order valence-corrected chi connectivity index (χ1v) is 11.1. The molecule has 7 heteroatoms. The molecule has 1 saturated heterocycles. The molecule has 0 unspecified atom stereocenters. The predicted molar refractivity (Wildman–Crippen MR) is 118 cm³/mol. The van der Waals surface area contributed by atoms with Crippen LogP contribution in [0.5, 0.6) is 0 Å². The Morgan fingerprint density at radius 3 is 2.40 bits per heavy atom. The maximum Gasteiger partial charge on any atom is 0.248 e. The lowest BCUT2D eigenvalue weighted by Crippen LogP contribution is -2.40. The fourth-order valence-electron chi connectivity index (χ4n) is 3.39. The summed E-state index contributed by atoms with van der Waals surface area (Å²) in [6, 6.07) is 20.1. The number of sulfonamides is 1. The second-order valence-electron chi connectivity index (χ2n) is 6.93. The van der Waals surface area contributed by atoms with Gasteiger partial charge in [-0.2, -0.15) is 4.31 Å². The molecule has 0 saturated carbocycles. The van der Waals surface area contributed by atoms with Gasteiger partial charge in [0.2, 0.25) is 15.9 Å². The summed E-state index contributed by atoms with van der Waals surface area (Å²) in [6.45, 7) is 1.49. The molecule has 0 bridgehead atoms. The molecule has 1 aliphatic rings. The zero-order chi connectivity index (χ0) is 21.0. The molecule has 0 radical (unpaired) electrons. The van der Waals surface area contributed by atoms with Gasteiger partial charge >= 0.3 is 0 Å². The molecule has 0 spiro atoms. The van der Waals surface area contributed by atoms with Crippen LogP contribution >= 0.6 is 0 Å². The van der Waals surface area contributed by atoms with Crippen molar-refractivity contribution in [1.82, 2.24) is 4.31 Å². The summed E-state index contributed by atoms with van der Waals surface area (Å²) in [5, 5.41) is 4.94. The fraction of sp³-hybridized carbons (Fsp3) is 0.174. The molecule has 1 heterocycles. The zero-order valence-corrected chi connectivity index (χ0v) is 17.1. The summed E-state index contributed by atoms with van der Waals surface area (Å²) in [6.07, 6.45) is 3.25. The third-order valence-corrected chi connectivity index (χ3v) is 6.88. The van der Waals surface area contributed by atoms with E-state index in [-0.39, 0.29) is 10.8 Å². The van der Waals surface area contributed by atoms with Crippen LogP contribution in [0.2, 0.25) is 0 Å². The quantitative estimate of drug-likeness (QED) is 0.639. The maximum atomic E-state index is 12.7. The monoisotopic (exact) mass is 422 g/mol. The van der Waals surface area contributed by atoms with Gasteiger partial charge in [-0.05, 0) is 46.7 Å². The number of carbonyl (C=O) groups is 1. The Bertz CT molecular complexity index is 1180. The topological polar surface area (TPSA) is 75.7 Å². The average molecular weight is 423 g/mol. The number of hydrogen-bond donors (Lipinski definition) is 1. The van der Waals surface area contributed by atoms with Crippen LogP contribution in [0.25, 0.3) is 16.8 Å². The van der Waals surface area contributed by atoms with Crippen LogP contribution in [0.4, 0.5) is 5.69 Å². The first kappa shape index (κ1) is 20.3. The van der Waals surface area contributed by atoms with Crippen LogP contribution in [0.3, 0.4) is 0 Å². The van der Waals surface area contributed by atoms with Gasteiger partial charge in [0, 0.05) is 24.9 Å². The van der Waals surface area contributed by atoms with E-state index in [0.29, 0.717) is 32.0 Å². The van der Waals surface area contributed by atoms with E-state index in [1.807, 2.05) is 42.5 Å². The van der Waals surface area contributed by atoms with Crippen LogP contribution in [-0.4, -0.2) is 44.9 Å². The van der Waals surface area contributed by atoms with Crippen LogP contribution in [0.15, 0.2) is 77.7 Å². The average Bonchev–Trinajstić information content (AvgIpc) is 2.78. The van der Waals surface area contributed by atoms with Crippen LogP contribution in [-0.2, 0) is 19.6 Å². The van der Waals surface area contributed by atoms with Gasteiger partial charge in [-0.15, -0.1) is 0 Å². The summed E-state index contributed by atoms with van der Waals surface area (Å²) in [4.78, 5) is 12.5. The highest BCUT2D eigenvalue weighted by Gasteiger charge is 2.26. The molecule has 1 aliphatic heterocycles. The molecule has 4 rings (SSSR count). The van der Waals surface area contributed by atoms with Crippen LogP contribution < -0.4 is 5.32 Å². The van der Waals surface area contributed by atoms with Gasteiger partial charge in [-0.25, -0.2) is 8.42 Å². The number of nitrogens with one attached hydrogen (secondary N) is 1. The summed E-state index contributed by atoms with van der Waals surface area (Å²) in [5.41, 5.74) is 1.48. The molecule has 1 amide bonds. The Hall–Kier alpha value is -3.00. The lowest BCUT2D eigenvalue weighted by atomic mass is 10.0. The van der Waals surface area contributed by atoms with Gasteiger partial charge in [-0.3, -0.25) is 4.79 Å². The summed E-state index contributed by atoms with van der Waals surface area (Å²) in [7, 11) is -3.55. The Morgan fingerprint density at radius 2 is 1.63 bits per heavy atom. The predicted octanol–water partition coefficient (Wildman–Crippen LogP) is 3.51. The van der Waals surface area contributed by atoms with Crippen LogP contribution in [0, 0.1) is 0 Å². The standard InChI is InChI=1S/C23H22N2O4S/c26-23(13-8-19-6-3-5-18-4-1-2-7-22(18)19)24-20-9-11-21(12-10-20)30(27,28)25-14-16-29-17-15-25/h1-13H,14-17H2,(H,24,26). The number of ether oxygens (including phenoxy) is 1. The minimum absolute atomic E-state index is 0.202. The Labute approximate surface area is 175 Å². The second kappa shape index (κ2) is 8.79. The van der Waals surface area contributed by atoms with E-state index in [2.05, 4.69) is 5.32 Å². The molecular formula is C23H22N2O4S. The van der Waals surface area contributed by atoms with Crippen molar-refractivity contribution >= 4 is 38.5 Å². The molecule has 3 aromatic rings. The molecule has 30 heavy (non-hydrogen) atoms. The number of fused-ring (bicyclic) bond motifs is 1. The first-order valence-electron chi connectivity index (χ1n) is 9.69. The van der Waals surface area contributed by atoms with Gasteiger partial charge in [0.15, 0.2) is 0 Å². The smallest absolute Gasteiger partial charge is 0.248 e. The normalized spacial score (nSPS) is 15.5. The van der Waals surface area contributed by atoms with Crippen molar-refractivity contribution in [2.45, 2.75) is 4.90 Å². The Balaban J connectivity index is 1.44. The van der Waals surface area contributed by atoms with Crippen molar-refractivity contribution in [1.29, 1.82) is 0 Å². The number of nitrogens with zero attached hydrogens (tertiary/aromatic N) is 1. The highest BCUT2D eigenvalue weighted by atomic mass is 32.2. The van der Waals surface area contributed by atoms with E-state index in [4.69, 9.17) is 4.74 Å². The number of anilines is 1. The van der Waals surface area contributed by atoms with E-state index in [9.17, 15) is 13.2 Å². The third-order valence-electron chi connectivity index (χ3n) is 4.97. The van der Waals surface area contributed by atoms with Crippen LogP contribution in [0.1, 0.15) is 5.56 Å². The number of morpholine rings is 1. The minimum atomic E-state index is -3.55. The van der Waals surface area contributed by atoms with Crippen molar-refractivity contribution < 1.29 is 17.9 Å².